The molecule has 0 fully saturated rings. The van der Waals surface area contributed by atoms with E-state index in [0.717, 1.165) is 4.31 Å². The zero-order valence-electron chi connectivity index (χ0n) is 19.0. The first kappa shape index (κ1) is 25.2. The van der Waals surface area contributed by atoms with Crippen LogP contribution in [0.1, 0.15) is 24.2 Å². The van der Waals surface area contributed by atoms with Gasteiger partial charge in [-0.2, -0.15) is 0 Å². The molecule has 0 unspecified atom stereocenters. The predicted molar refractivity (Wildman–Crippen MR) is 125 cm³/mol. The van der Waals surface area contributed by atoms with Crippen LogP contribution in [-0.2, 0) is 14.8 Å². The largest absolute Gasteiger partial charge is 0.495 e. The molecule has 0 bridgehead atoms. The lowest BCUT2D eigenvalue weighted by atomic mass is 10.1. The molecule has 2 rings (SSSR count). The number of carbonyl (C=O) groups excluding carboxylic acids is 2. The van der Waals surface area contributed by atoms with Crippen LogP contribution in [0, 0.1) is 0 Å². The Balaban J connectivity index is 2.16. The zero-order valence-corrected chi connectivity index (χ0v) is 19.8. The van der Waals surface area contributed by atoms with E-state index in [0.29, 0.717) is 30.0 Å². The zero-order chi connectivity index (χ0) is 23.9. The smallest absolute Gasteiger partial charge is 0.255 e. The van der Waals surface area contributed by atoms with Crippen molar-refractivity contribution in [3.05, 3.63) is 48.0 Å². The molecule has 2 amide bonds. The van der Waals surface area contributed by atoms with Crippen LogP contribution in [0.5, 0.6) is 5.75 Å². The summed E-state index contributed by atoms with van der Waals surface area (Å²) < 4.78 is 31.3. The van der Waals surface area contributed by atoms with Crippen LogP contribution < -0.4 is 15.4 Å². The second kappa shape index (κ2) is 11.0. The molecule has 32 heavy (non-hydrogen) atoms. The fraction of sp³-hybridized carbons (Fsp3) is 0.364. The van der Waals surface area contributed by atoms with Crippen molar-refractivity contribution < 1.29 is 22.7 Å². The molecule has 10 heteroatoms. The maximum Gasteiger partial charge on any atom is 0.255 e. The number of rotatable bonds is 10. The molecule has 0 aromatic heterocycles. The fourth-order valence-electron chi connectivity index (χ4n) is 3.04. The van der Waals surface area contributed by atoms with Gasteiger partial charge in [0.2, 0.25) is 15.9 Å². The summed E-state index contributed by atoms with van der Waals surface area (Å²) in [6, 6.07) is 11.4. The van der Waals surface area contributed by atoms with Gasteiger partial charge in [0.05, 0.1) is 19.2 Å². The number of nitrogens with zero attached hydrogens (tertiary/aromatic N) is 2. The summed E-state index contributed by atoms with van der Waals surface area (Å²) in [6.07, 6.45) is 0. The Kier molecular flexibility index (Phi) is 8.62. The Morgan fingerprint density at radius 1 is 1.03 bits per heavy atom. The molecule has 0 aliphatic carbocycles. The van der Waals surface area contributed by atoms with E-state index in [-0.39, 0.29) is 23.1 Å². The number of ether oxygens (including phenoxy) is 1. The quantitative estimate of drug-likeness (QED) is 0.562. The van der Waals surface area contributed by atoms with Gasteiger partial charge in [0, 0.05) is 38.6 Å². The molecule has 0 saturated heterocycles. The van der Waals surface area contributed by atoms with Crippen molar-refractivity contribution in [3.63, 3.8) is 0 Å². The number of hydrogen-bond acceptors (Lipinski definition) is 6. The van der Waals surface area contributed by atoms with Crippen molar-refractivity contribution in [2.24, 2.45) is 0 Å². The van der Waals surface area contributed by atoms with Crippen molar-refractivity contribution in [2.75, 3.05) is 51.5 Å². The lowest BCUT2D eigenvalue weighted by Gasteiger charge is -2.20. The third-order valence-corrected chi connectivity index (χ3v) is 6.69. The van der Waals surface area contributed by atoms with Gasteiger partial charge < -0.3 is 20.3 Å². The Morgan fingerprint density at radius 2 is 1.69 bits per heavy atom. The molecule has 2 aromatic carbocycles. The summed E-state index contributed by atoms with van der Waals surface area (Å²) >= 11 is 0. The SMILES string of the molecule is CCN(CC)C(=O)c1ccccc1NCC(=O)Nc1ccc(OC)c(S(=O)(=O)N(C)C)c1. The van der Waals surface area contributed by atoms with Crippen LogP contribution in [0.15, 0.2) is 47.4 Å². The minimum atomic E-state index is -3.76. The molecule has 2 aromatic rings. The number of para-hydroxylation sites is 1. The van der Waals surface area contributed by atoms with Gasteiger partial charge in [-0.25, -0.2) is 12.7 Å². The van der Waals surface area contributed by atoms with Gasteiger partial charge >= 0.3 is 0 Å². The van der Waals surface area contributed by atoms with Gasteiger partial charge in [-0.15, -0.1) is 0 Å². The highest BCUT2D eigenvalue weighted by Gasteiger charge is 2.23. The van der Waals surface area contributed by atoms with Crippen LogP contribution in [0.2, 0.25) is 0 Å². The molecular formula is C22H30N4O5S. The van der Waals surface area contributed by atoms with E-state index in [4.69, 9.17) is 4.74 Å². The van der Waals surface area contributed by atoms with Gasteiger partial charge in [0.15, 0.2) is 0 Å². The molecule has 0 aliphatic rings. The Bertz CT molecular complexity index is 1070. The fourth-order valence-corrected chi connectivity index (χ4v) is 4.11. The summed E-state index contributed by atoms with van der Waals surface area (Å²) in [5.74, 6) is -0.334. The van der Waals surface area contributed by atoms with E-state index in [1.54, 1.807) is 35.2 Å². The van der Waals surface area contributed by atoms with Gasteiger partial charge in [-0.05, 0) is 44.2 Å². The number of hydrogen-bond donors (Lipinski definition) is 2. The second-order valence-electron chi connectivity index (χ2n) is 7.08. The van der Waals surface area contributed by atoms with Crippen molar-refractivity contribution in [3.8, 4) is 5.75 Å². The molecule has 0 heterocycles. The maximum atomic E-state index is 12.7. The lowest BCUT2D eigenvalue weighted by Crippen LogP contribution is -2.31. The highest BCUT2D eigenvalue weighted by molar-refractivity contribution is 7.89. The molecule has 2 N–H and O–H groups in total. The summed E-state index contributed by atoms with van der Waals surface area (Å²) in [5.41, 5.74) is 1.34. The molecule has 9 nitrogen and oxygen atoms in total. The Hall–Kier alpha value is -3.11. The average Bonchev–Trinajstić information content (AvgIpc) is 2.78. The van der Waals surface area contributed by atoms with Gasteiger partial charge in [0.25, 0.3) is 5.91 Å². The normalized spacial score (nSPS) is 11.2. The second-order valence-corrected chi connectivity index (χ2v) is 9.20. The molecule has 174 valence electrons. The minimum absolute atomic E-state index is 0.0501. The molecule has 0 spiro atoms. The predicted octanol–water partition coefficient (Wildman–Crippen LogP) is 2.48. The number of benzene rings is 2. The van der Waals surface area contributed by atoms with Crippen LogP contribution >= 0.6 is 0 Å². The van der Waals surface area contributed by atoms with Crippen molar-refractivity contribution in [1.29, 1.82) is 0 Å². The third-order valence-electron chi connectivity index (χ3n) is 4.85. The molecule has 0 saturated carbocycles. The van der Waals surface area contributed by atoms with Crippen molar-refractivity contribution in [1.82, 2.24) is 9.21 Å². The Morgan fingerprint density at radius 3 is 2.28 bits per heavy atom. The number of sulfonamides is 1. The van der Waals surface area contributed by atoms with E-state index >= 15 is 0 Å². The molecular weight excluding hydrogens is 432 g/mol. The third kappa shape index (κ3) is 5.77. The van der Waals surface area contributed by atoms with E-state index in [2.05, 4.69) is 10.6 Å². The highest BCUT2D eigenvalue weighted by atomic mass is 32.2. The first-order valence-electron chi connectivity index (χ1n) is 10.2. The highest BCUT2D eigenvalue weighted by Crippen LogP contribution is 2.28. The lowest BCUT2D eigenvalue weighted by molar-refractivity contribution is -0.114. The summed E-state index contributed by atoms with van der Waals surface area (Å²) in [7, 11) is 0.451. The van der Waals surface area contributed by atoms with Gasteiger partial charge in [-0.1, -0.05) is 12.1 Å². The Labute approximate surface area is 189 Å². The number of methoxy groups -OCH3 is 1. The van der Waals surface area contributed by atoms with E-state index in [1.165, 1.54) is 33.3 Å². The van der Waals surface area contributed by atoms with E-state index < -0.39 is 15.9 Å². The minimum Gasteiger partial charge on any atom is -0.495 e. The average molecular weight is 463 g/mol. The number of nitrogens with one attached hydrogen (secondary N) is 2. The summed E-state index contributed by atoms with van der Waals surface area (Å²) in [4.78, 5) is 26.9. The van der Waals surface area contributed by atoms with Crippen LogP contribution in [0.4, 0.5) is 11.4 Å². The van der Waals surface area contributed by atoms with Gasteiger partial charge in [-0.3, -0.25) is 9.59 Å². The van der Waals surface area contributed by atoms with Crippen LogP contribution in [0.3, 0.4) is 0 Å². The summed E-state index contributed by atoms with van der Waals surface area (Å²) in [5, 5.41) is 5.67. The van der Waals surface area contributed by atoms with Crippen LogP contribution in [-0.4, -0.2) is 70.3 Å². The molecule has 0 aliphatic heterocycles. The number of anilines is 2. The monoisotopic (exact) mass is 462 g/mol. The first-order chi connectivity index (χ1) is 15.1. The topological polar surface area (TPSA) is 108 Å². The summed E-state index contributed by atoms with van der Waals surface area (Å²) in [6.45, 7) is 4.87. The number of amides is 2. The standard InChI is InChI=1S/C22H30N4O5S/c1-6-26(7-2)22(28)17-10-8-9-11-18(17)23-15-21(27)24-16-12-13-19(31-5)20(14-16)32(29,30)25(3)4/h8-14,23H,6-7,15H2,1-5H3,(H,24,27). The van der Waals surface area contributed by atoms with Crippen LogP contribution in [0.25, 0.3) is 0 Å². The first-order valence-corrected chi connectivity index (χ1v) is 11.6. The van der Waals surface area contributed by atoms with Gasteiger partial charge in [0.1, 0.15) is 10.6 Å². The molecule has 0 atom stereocenters. The van der Waals surface area contributed by atoms with E-state index in [1.807, 2.05) is 13.8 Å². The van der Waals surface area contributed by atoms with E-state index in [9.17, 15) is 18.0 Å². The van der Waals surface area contributed by atoms with Crippen molar-refractivity contribution >= 4 is 33.2 Å². The maximum absolute atomic E-state index is 12.7. The molecule has 0 radical (unpaired) electrons. The van der Waals surface area contributed by atoms with Crippen molar-refractivity contribution in [2.45, 2.75) is 18.7 Å². The number of carbonyl (C=O) groups is 2.